The Kier molecular flexibility index (Phi) is 4.75. The zero-order chi connectivity index (χ0) is 17.1. The first kappa shape index (κ1) is 16.4. The molecule has 1 aromatic carbocycles. The van der Waals surface area contributed by atoms with Crippen molar-refractivity contribution in [3.8, 4) is 5.75 Å². The molecule has 1 saturated heterocycles. The molecule has 2 heterocycles. The highest BCUT2D eigenvalue weighted by atomic mass is 32.1. The van der Waals surface area contributed by atoms with E-state index in [1.54, 1.807) is 10.3 Å². The van der Waals surface area contributed by atoms with Crippen LogP contribution in [0.2, 0.25) is 0 Å². The molecule has 2 amide bonds. The molecule has 6 nitrogen and oxygen atoms in total. The number of likely N-dealkylation sites (tertiary alicyclic amines) is 1. The molecule has 1 aliphatic heterocycles. The maximum absolute atomic E-state index is 12.8. The first-order valence-corrected chi connectivity index (χ1v) is 8.32. The highest BCUT2D eigenvalue weighted by Gasteiger charge is 2.31. The van der Waals surface area contributed by atoms with Crippen LogP contribution in [0.4, 0.5) is 4.39 Å². The van der Waals surface area contributed by atoms with Gasteiger partial charge in [0.2, 0.25) is 5.91 Å². The van der Waals surface area contributed by atoms with Crippen LogP contribution in [0.5, 0.6) is 5.75 Å². The summed E-state index contributed by atoms with van der Waals surface area (Å²) in [6, 6.07) is 5.69. The fourth-order valence-corrected chi connectivity index (χ4v) is 3.17. The van der Waals surface area contributed by atoms with E-state index < -0.39 is 0 Å². The number of ether oxygens (including phenoxy) is 1. The van der Waals surface area contributed by atoms with Gasteiger partial charge in [-0.15, -0.1) is 11.3 Å². The SMILES string of the molecule is NC(=O)[C@H]1CCN(C(=O)c2csc(COc3ccc(F)cc3)n2)C1. The molecule has 0 unspecified atom stereocenters. The van der Waals surface area contributed by atoms with Gasteiger partial charge < -0.3 is 15.4 Å². The second-order valence-corrected chi connectivity index (χ2v) is 6.45. The smallest absolute Gasteiger partial charge is 0.273 e. The molecule has 1 aliphatic rings. The maximum Gasteiger partial charge on any atom is 0.273 e. The molecule has 24 heavy (non-hydrogen) atoms. The molecule has 1 atom stereocenters. The maximum atomic E-state index is 12.8. The standard InChI is InChI=1S/C16H16FN3O3S/c17-11-1-3-12(4-2-11)23-8-14-19-13(9-24-14)16(22)20-6-5-10(7-20)15(18)21/h1-4,9-10H,5-8H2,(H2,18,21)/t10-/m0/s1. The average molecular weight is 349 g/mol. The van der Waals surface area contributed by atoms with Gasteiger partial charge >= 0.3 is 0 Å². The van der Waals surface area contributed by atoms with E-state index in [0.29, 0.717) is 36.0 Å². The van der Waals surface area contributed by atoms with Crippen molar-refractivity contribution < 1.29 is 18.7 Å². The number of amides is 2. The Morgan fingerprint density at radius 2 is 2.12 bits per heavy atom. The van der Waals surface area contributed by atoms with Gasteiger partial charge in [0.05, 0.1) is 5.92 Å². The second kappa shape index (κ2) is 6.96. The van der Waals surface area contributed by atoms with Gasteiger partial charge in [-0.2, -0.15) is 0 Å². The van der Waals surface area contributed by atoms with Gasteiger partial charge in [0.1, 0.15) is 28.9 Å². The Hall–Kier alpha value is -2.48. The number of carbonyl (C=O) groups is 2. The fraction of sp³-hybridized carbons (Fsp3) is 0.312. The van der Waals surface area contributed by atoms with Crippen LogP contribution in [-0.4, -0.2) is 34.8 Å². The van der Waals surface area contributed by atoms with Gasteiger partial charge in [-0.1, -0.05) is 0 Å². The van der Waals surface area contributed by atoms with E-state index in [1.807, 2.05) is 0 Å². The molecular formula is C16H16FN3O3S. The van der Waals surface area contributed by atoms with Crippen LogP contribution in [0.1, 0.15) is 21.9 Å². The molecule has 1 aromatic heterocycles. The summed E-state index contributed by atoms with van der Waals surface area (Å²) in [5.74, 6) is -0.665. The molecule has 8 heteroatoms. The fourth-order valence-electron chi connectivity index (χ4n) is 2.49. The van der Waals surface area contributed by atoms with Gasteiger partial charge in [-0.3, -0.25) is 9.59 Å². The largest absolute Gasteiger partial charge is 0.486 e. The number of nitrogens with zero attached hydrogens (tertiary/aromatic N) is 2. The number of rotatable bonds is 5. The summed E-state index contributed by atoms with van der Waals surface area (Å²) in [5, 5.41) is 2.32. The van der Waals surface area contributed by atoms with Crippen molar-refractivity contribution >= 4 is 23.2 Å². The minimum Gasteiger partial charge on any atom is -0.486 e. The van der Waals surface area contributed by atoms with Crippen LogP contribution in [0.25, 0.3) is 0 Å². The summed E-state index contributed by atoms with van der Waals surface area (Å²) in [7, 11) is 0. The van der Waals surface area contributed by atoms with E-state index in [9.17, 15) is 14.0 Å². The van der Waals surface area contributed by atoms with E-state index >= 15 is 0 Å². The second-order valence-electron chi connectivity index (χ2n) is 5.51. The number of aromatic nitrogens is 1. The minimum absolute atomic E-state index is 0.202. The van der Waals surface area contributed by atoms with Crippen molar-refractivity contribution in [2.45, 2.75) is 13.0 Å². The van der Waals surface area contributed by atoms with Crippen LogP contribution in [0, 0.1) is 11.7 Å². The zero-order valence-corrected chi connectivity index (χ0v) is 13.6. The number of carbonyl (C=O) groups excluding carboxylic acids is 2. The van der Waals surface area contributed by atoms with Crippen molar-refractivity contribution in [1.29, 1.82) is 0 Å². The van der Waals surface area contributed by atoms with Gasteiger partial charge in [0, 0.05) is 18.5 Å². The molecular weight excluding hydrogens is 333 g/mol. The highest BCUT2D eigenvalue weighted by molar-refractivity contribution is 7.09. The molecule has 3 rings (SSSR count). The van der Waals surface area contributed by atoms with Gasteiger partial charge in [-0.05, 0) is 30.7 Å². The van der Waals surface area contributed by atoms with E-state index in [0.717, 1.165) is 0 Å². The summed E-state index contributed by atoms with van der Waals surface area (Å²) in [4.78, 5) is 29.4. The molecule has 0 aliphatic carbocycles. The number of nitrogens with two attached hydrogens (primary N) is 1. The van der Waals surface area contributed by atoms with Gasteiger partial charge in [-0.25, -0.2) is 9.37 Å². The summed E-state index contributed by atoms with van der Waals surface area (Å²) < 4.78 is 18.3. The quantitative estimate of drug-likeness (QED) is 0.892. The normalized spacial score (nSPS) is 17.0. The Balaban J connectivity index is 1.58. The van der Waals surface area contributed by atoms with E-state index in [2.05, 4.69) is 4.98 Å². The van der Waals surface area contributed by atoms with E-state index in [4.69, 9.17) is 10.5 Å². The van der Waals surface area contributed by atoms with Crippen LogP contribution < -0.4 is 10.5 Å². The number of primary amides is 1. The lowest BCUT2D eigenvalue weighted by Gasteiger charge is -2.14. The van der Waals surface area contributed by atoms with Crippen molar-refractivity contribution in [2.75, 3.05) is 13.1 Å². The minimum atomic E-state index is -0.378. The molecule has 126 valence electrons. The van der Waals surface area contributed by atoms with E-state index in [-0.39, 0.29) is 30.2 Å². The molecule has 2 aromatic rings. The van der Waals surface area contributed by atoms with Crippen LogP contribution in [0.3, 0.4) is 0 Å². The lowest BCUT2D eigenvalue weighted by atomic mass is 10.1. The first-order valence-electron chi connectivity index (χ1n) is 7.44. The molecule has 0 saturated carbocycles. The van der Waals surface area contributed by atoms with Crippen molar-refractivity contribution in [3.05, 3.63) is 46.2 Å². The Morgan fingerprint density at radius 3 is 2.79 bits per heavy atom. The third kappa shape index (κ3) is 3.70. The topological polar surface area (TPSA) is 85.5 Å². The number of halogens is 1. The molecule has 0 radical (unpaired) electrons. The van der Waals surface area contributed by atoms with E-state index in [1.165, 1.54) is 35.6 Å². The van der Waals surface area contributed by atoms with Crippen molar-refractivity contribution in [3.63, 3.8) is 0 Å². The summed E-state index contributed by atoms with van der Waals surface area (Å²) in [6.07, 6.45) is 0.589. The molecule has 1 fully saturated rings. The van der Waals surface area contributed by atoms with Crippen LogP contribution in [0.15, 0.2) is 29.6 Å². The van der Waals surface area contributed by atoms with Crippen LogP contribution in [-0.2, 0) is 11.4 Å². The third-order valence-corrected chi connectivity index (χ3v) is 4.65. The molecule has 0 bridgehead atoms. The van der Waals surface area contributed by atoms with Gasteiger partial charge in [0.15, 0.2) is 0 Å². The third-order valence-electron chi connectivity index (χ3n) is 3.82. The van der Waals surface area contributed by atoms with Gasteiger partial charge in [0.25, 0.3) is 5.91 Å². The lowest BCUT2D eigenvalue weighted by Crippen LogP contribution is -2.31. The Bertz CT molecular complexity index is 747. The van der Waals surface area contributed by atoms with Crippen molar-refractivity contribution in [1.82, 2.24) is 9.88 Å². The summed E-state index contributed by atoms with van der Waals surface area (Å²) >= 11 is 1.32. The lowest BCUT2D eigenvalue weighted by molar-refractivity contribution is -0.121. The predicted molar refractivity (Wildman–Crippen MR) is 86.1 cm³/mol. The zero-order valence-electron chi connectivity index (χ0n) is 12.8. The predicted octanol–water partition coefficient (Wildman–Crippen LogP) is 1.81. The Morgan fingerprint density at radius 1 is 1.38 bits per heavy atom. The number of benzene rings is 1. The number of hydrogen-bond acceptors (Lipinski definition) is 5. The monoisotopic (exact) mass is 349 g/mol. The highest BCUT2D eigenvalue weighted by Crippen LogP contribution is 2.20. The Labute approximate surface area is 142 Å². The van der Waals surface area contributed by atoms with Crippen LogP contribution >= 0.6 is 11.3 Å². The summed E-state index contributed by atoms with van der Waals surface area (Å²) in [6.45, 7) is 1.05. The first-order chi connectivity index (χ1) is 11.5. The average Bonchev–Trinajstić information content (AvgIpc) is 3.23. The summed E-state index contributed by atoms with van der Waals surface area (Å²) in [5.41, 5.74) is 5.61. The number of hydrogen-bond donors (Lipinski definition) is 1. The molecule has 0 spiro atoms. The van der Waals surface area contributed by atoms with Crippen molar-refractivity contribution in [2.24, 2.45) is 11.7 Å². The molecule has 2 N–H and O–H groups in total. The number of thiazole rings is 1.